The fraction of sp³-hybridized carbons (Fsp3) is 0.182. The van der Waals surface area contributed by atoms with Crippen LogP contribution >= 0.6 is 11.6 Å². The van der Waals surface area contributed by atoms with Gasteiger partial charge in [0.05, 0.1) is 16.4 Å². The molecule has 0 aliphatic rings. The van der Waals surface area contributed by atoms with Gasteiger partial charge in [-0.05, 0) is 43.5 Å². The van der Waals surface area contributed by atoms with E-state index in [9.17, 15) is 4.79 Å². The van der Waals surface area contributed by atoms with E-state index in [1.807, 2.05) is 66.2 Å². The van der Waals surface area contributed by atoms with E-state index in [-0.39, 0.29) is 5.91 Å². The van der Waals surface area contributed by atoms with E-state index in [0.29, 0.717) is 17.3 Å². The first-order chi connectivity index (χ1) is 13.6. The number of aryl methyl sites for hydroxylation is 2. The fourth-order valence-electron chi connectivity index (χ4n) is 3.29. The van der Waals surface area contributed by atoms with Crippen molar-refractivity contribution >= 4 is 28.4 Å². The zero-order chi connectivity index (χ0) is 19.5. The van der Waals surface area contributed by atoms with Crippen LogP contribution < -0.4 is 5.32 Å². The van der Waals surface area contributed by atoms with Gasteiger partial charge in [-0.1, -0.05) is 48.0 Å². The molecular formula is C22H21ClN4O. The molecule has 4 aromatic rings. The van der Waals surface area contributed by atoms with E-state index in [1.165, 1.54) is 5.56 Å². The number of amides is 1. The van der Waals surface area contributed by atoms with Crippen molar-refractivity contribution in [3.8, 4) is 5.69 Å². The van der Waals surface area contributed by atoms with Gasteiger partial charge in [0.1, 0.15) is 5.69 Å². The second-order valence-electron chi connectivity index (χ2n) is 6.74. The highest BCUT2D eigenvalue weighted by Gasteiger charge is 2.15. The molecule has 142 valence electrons. The van der Waals surface area contributed by atoms with Crippen LogP contribution in [0.25, 0.3) is 16.6 Å². The molecule has 2 aromatic carbocycles. The SMILES string of the molecule is Cc1nn(-c2ccccc2)cc1CCCNC(=O)c1[nH]c2ccccc2c1Cl. The second-order valence-corrected chi connectivity index (χ2v) is 7.12. The Morgan fingerprint density at radius 2 is 1.89 bits per heavy atom. The summed E-state index contributed by atoms with van der Waals surface area (Å²) in [4.78, 5) is 15.6. The molecule has 0 atom stereocenters. The van der Waals surface area contributed by atoms with Gasteiger partial charge in [-0.15, -0.1) is 0 Å². The topological polar surface area (TPSA) is 62.7 Å². The number of fused-ring (bicyclic) bond motifs is 1. The Balaban J connectivity index is 1.35. The molecular weight excluding hydrogens is 372 g/mol. The first-order valence-corrected chi connectivity index (χ1v) is 9.66. The third kappa shape index (κ3) is 3.66. The quantitative estimate of drug-likeness (QED) is 0.468. The lowest BCUT2D eigenvalue weighted by molar-refractivity contribution is 0.0949. The molecule has 0 radical (unpaired) electrons. The highest BCUT2D eigenvalue weighted by Crippen LogP contribution is 2.27. The zero-order valence-corrected chi connectivity index (χ0v) is 16.3. The number of hydrogen-bond donors (Lipinski definition) is 2. The number of carbonyl (C=O) groups is 1. The fourth-order valence-corrected chi connectivity index (χ4v) is 3.59. The van der Waals surface area contributed by atoms with Crippen LogP contribution in [-0.4, -0.2) is 27.2 Å². The van der Waals surface area contributed by atoms with Gasteiger partial charge in [-0.25, -0.2) is 4.68 Å². The van der Waals surface area contributed by atoms with Gasteiger partial charge in [0.2, 0.25) is 0 Å². The summed E-state index contributed by atoms with van der Waals surface area (Å²) < 4.78 is 1.90. The van der Waals surface area contributed by atoms with E-state index in [2.05, 4.69) is 21.6 Å². The molecule has 4 rings (SSSR count). The number of hydrogen-bond acceptors (Lipinski definition) is 2. The third-order valence-corrected chi connectivity index (χ3v) is 5.19. The molecule has 28 heavy (non-hydrogen) atoms. The Labute approximate surface area is 168 Å². The summed E-state index contributed by atoms with van der Waals surface area (Å²) in [6, 6.07) is 17.7. The molecule has 0 saturated carbocycles. The number of halogens is 1. The van der Waals surface area contributed by atoms with Gasteiger partial charge >= 0.3 is 0 Å². The van der Waals surface area contributed by atoms with Crippen LogP contribution in [0, 0.1) is 6.92 Å². The van der Waals surface area contributed by atoms with Gasteiger partial charge in [0.15, 0.2) is 0 Å². The third-order valence-electron chi connectivity index (χ3n) is 4.80. The lowest BCUT2D eigenvalue weighted by Crippen LogP contribution is -2.25. The molecule has 0 unspecified atom stereocenters. The van der Waals surface area contributed by atoms with Gasteiger partial charge in [-0.3, -0.25) is 4.79 Å². The predicted octanol–water partition coefficient (Wildman–Crippen LogP) is 4.68. The van der Waals surface area contributed by atoms with E-state index in [1.54, 1.807) is 0 Å². The lowest BCUT2D eigenvalue weighted by atomic mass is 10.1. The number of H-pyrrole nitrogens is 1. The summed E-state index contributed by atoms with van der Waals surface area (Å²) in [5.41, 5.74) is 4.51. The van der Waals surface area contributed by atoms with Crippen molar-refractivity contribution in [3.05, 3.63) is 82.8 Å². The summed E-state index contributed by atoms with van der Waals surface area (Å²) in [5.74, 6) is -0.182. The van der Waals surface area contributed by atoms with Crippen molar-refractivity contribution in [2.45, 2.75) is 19.8 Å². The maximum atomic E-state index is 12.5. The standard InChI is InChI=1S/C22H21ClN4O/c1-15-16(14-27(26-15)17-9-3-2-4-10-17)8-7-13-24-22(28)21-20(23)18-11-5-6-12-19(18)25-21/h2-6,9-12,14,25H,7-8,13H2,1H3,(H,24,28). The molecule has 0 aliphatic carbocycles. The number of carbonyl (C=O) groups excluding carboxylic acids is 1. The Kier molecular flexibility index (Phi) is 5.17. The minimum absolute atomic E-state index is 0.182. The van der Waals surface area contributed by atoms with Crippen LogP contribution in [0.4, 0.5) is 0 Å². The van der Waals surface area contributed by atoms with E-state index >= 15 is 0 Å². The second kappa shape index (κ2) is 7.90. The molecule has 0 bridgehead atoms. The summed E-state index contributed by atoms with van der Waals surface area (Å²) in [5, 5.41) is 8.86. The van der Waals surface area contributed by atoms with Crippen LogP contribution in [0.5, 0.6) is 0 Å². The number of nitrogens with zero attached hydrogens (tertiary/aromatic N) is 2. The van der Waals surface area contributed by atoms with Crippen molar-refractivity contribution in [1.82, 2.24) is 20.1 Å². The molecule has 5 nitrogen and oxygen atoms in total. The highest BCUT2D eigenvalue weighted by molar-refractivity contribution is 6.38. The van der Waals surface area contributed by atoms with E-state index < -0.39 is 0 Å². The summed E-state index contributed by atoms with van der Waals surface area (Å²) in [6.07, 6.45) is 3.73. The van der Waals surface area contributed by atoms with Gasteiger partial charge in [0, 0.05) is 23.6 Å². The van der Waals surface area contributed by atoms with Crippen LogP contribution in [0.15, 0.2) is 60.8 Å². The maximum absolute atomic E-state index is 12.5. The van der Waals surface area contributed by atoms with Crippen molar-refractivity contribution in [2.24, 2.45) is 0 Å². The predicted molar refractivity (Wildman–Crippen MR) is 112 cm³/mol. The minimum atomic E-state index is -0.182. The lowest BCUT2D eigenvalue weighted by Gasteiger charge is -2.04. The molecule has 0 saturated heterocycles. The Hall–Kier alpha value is -3.05. The van der Waals surface area contributed by atoms with Crippen LogP contribution in [0.2, 0.25) is 5.02 Å². The molecule has 1 amide bonds. The maximum Gasteiger partial charge on any atom is 0.269 e. The molecule has 0 spiro atoms. The molecule has 6 heteroatoms. The smallest absolute Gasteiger partial charge is 0.269 e. The van der Waals surface area contributed by atoms with Crippen molar-refractivity contribution < 1.29 is 4.79 Å². The van der Waals surface area contributed by atoms with Gasteiger partial charge in [-0.2, -0.15) is 5.10 Å². The average molecular weight is 393 g/mol. The zero-order valence-electron chi connectivity index (χ0n) is 15.6. The Morgan fingerprint density at radius 3 is 2.68 bits per heavy atom. The first kappa shape index (κ1) is 18.3. The van der Waals surface area contributed by atoms with Crippen molar-refractivity contribution in [2.75, 3.05) is 6.54 Å². The Morgan fingerprint density at radius 1 is 1.14 bits per heavy atom. The van der Waals surface area contributed by atoms with E-state index in [0.717, 1.165) is 35.1 Å². The summed E-state index contributed by atoms with van der Waals surface area (Å²) in [6.45, 7) is 2.58. The Bertz CT molecular complexity index is 1110. The van der Waals surface area contributed by atoms with Crippen molar-refractivity contribution in [3.63, 3.8) is 0 Å². The van der Waals surface area contributed by atoms with Gasteiger partial charge < -0.3 is 10.3 Å². The molecule has 0 fully saturated rings. The molecule has 2 N–H and O–H groups in total. The van der Waals surface area contributed by atoms with Crippen LogP contribution in [0.3, 0.4) is 0 Å². The minimum Gasteiger partial charge on any atom is -0.351 e. The van der Waals surface area contributed by atoms with E-state index in [4.69, 9.17) is 11.6 Å². The average Bonchev–Trinajstić information content (AvgIpc) is 3.26. The summed E-state index contributed by atoms with van der Waals surface area (Å²) >= 11 is 6.34. The highest BCUT2D eigenvalue weighted by atomic mass is 35.5. The van der Waals surface area contributed by atoms with Crippen LogP contribution in [-0.2, 0) is 6.42 Å². The molecule has 2 aromatic heterocycles. The number of para-hydroxylation sites is 2. The monoisotopic (exact) mass is 392 g/mol. The molecule has 2 heterocycles. The van der Waals surface area contributed by atoms with Crippen molar-refractivity contribution in [1.29, 1.82) is 0 Å². The van der Waals surface area contributed by atoms with Gasteiger partial charge in [0.25, 0.3) is 5.91 Å². The number of rotatable bonds is 6. The number of aromatic amines is 1. The number of aromatic nitrogens is 3. The molecule has 0 aliphatic heterocycles. The summed E-state index contributed by atoms with van der Waals surface area (Å²) in [7, 11) is 0. The van der Waals surface area contributed by atoms with Crippen LogP contribution in [0.1, 0.15) is 28.2 Å². The normalized spacial score (nSPS) is 11.1. The number of nitrogens with one attached hydrogen (secondary N) is 2. The largest absolute Gasteiger partial charge is 0.351 e. The first-order valence-electron chi connectivity index (χ1n) is 9.28. The number of benzene rings is 2.